The van der Waals surface area contributed by atoms with Crippen molar-refractivity contribution in [1.29, 1.82) is 0 Å². The van der Waals surface area contributed by atoms with Crippen molar-refractivity contribution in [2.45, 2.75) is 26.6 Å². The van der Waals surface area contributed by atoms with E-state index in [2.05, 4.69) is 26.1 Å². The van der Waals surface area contributed by atoms with E-state index in [1.807, 2.05) is 54.6 Å². The molecule has 0 radical (unpaired) electrons. The molecule has 4 nitrogen and oxygen atoms in total. The van der Waals surface area contributed by atoms with Crippen LogP contribution in [0.15, 0.2) is 54.6 Å². The quantitative estimate of drug-likeness (QED) is 0.920. The number of carbonyl (C=O) groups excluding carboxylic acids is 1. The molecule has 1 aliphatic heterocycles. The highest BCUT2D eigenvalue weighted by Gasteiger charge is 2.50. The van der Waals surface area contributed by atoms with Gasteiger partial charge in [0.15, 0.2) is 0 Å². The Morgan fingerprint density at radius 1 is 0.958 bits per heavy atom. The first kappa shape index (κ1) is 16.7. The third-order valence-corrected chi connectivity index (χ3v) is 4.24. The predicted octanol–water partition coefficient (Wildman–Crippen LogP) is 4.18. The summed E-state index contributed by atoms with van der Waals surface area (Å²) in [5.41, 5.74) is 1.78. The summed E-state index contributed by atoms with van der Waals surface area (Å²) in [6.45, 7) is 7.22. The third-order valence-electron chi connectivity index (χ3n) is 4.24. The number of amides is 1. The molecule has 4 heteroatoms. The molecule has 0 bridgehead atoms. The molecule has 1 amide bonds. The van der Waals surface area contributed by atoms with Gasteiger partial charge in [-0.1, -0.05) is 57.2 Å². The molecule has 1 saturated heterocycles. The highest BCUT2D eigenvalue weighted by molar-refractivity contribution is 6.05. The first-order valence-electron chi connectivity index (χ1n) is 8.18. The van der Waals surface area contributed by atoms with Gasteiger partial charge in [0, 0.05) is 22.2 Å². The van der Waals surface area contributed by atoms with Gasteiger partial charge in [-0.3, -0.25) is 4.79 Å². The van der Waals surface area contributed by atoms with Crippen molar-refractivity contribution >= 4 is 11.6 Å². The molecule has 1 heterocycles. The maximum Gasteiger partial charge on any atom is 0.256 e. The van der Waals surface area contributed by atoms with Crippen LogP contribution in [0.3, 0.4) is 0 Å². The summed E-state index contributed by atoms with van der Waals surface area (Å²) in [6, 6.07) is 16.9. The van der Waals surface area contributed by atoms with Crippen molar-refractivity contribution in [1.82, 2.24) is 0 Å². The Morgan fingerprint density at radius 3 is 2.17 bits per heavy atom. The Bertz CT molecular complexity index is 713. The molecule has 0 unspecified atom stereocenters. The minimum atomic E-state index is -0.919. The van der Waals surface area contributed by atoms with Gasteiger partial charge in [0.05, 0.1) is 13.2 Å². The molecule has 126 valence electrons. The molecule has 0 spiro atoms. The van der Waals surface area contributed by atoms with E-state index in [1.165, 1.54) is 0 Å². The van der Waals surface area contributed by atoms with Crippen LogP contribution < -0.4 is 5.32 Å². The molecule has 2 aromatic rings. The van der Waals surface area contributed by atoms with Crippen LogP contribution in [0, 0.1) is 5.41 Å². The average molecular weight is 325 g/mol. The van der Waals surface area contributed by atoms with Crippen LogP contribution in [0.5, 0.6) is 0 Å². The Morgan fingerprint density at radius 2 is 1.54 bits per heavy atom. The largest absolute Gasteiger partial charge is 0.343 e. The van der Waals surface area contributed by atoms with Gasteiger partial charge in [0.2, 0.25) is 5.79 Å². The lowest BCUT2D eigenvalue weighted by Crippen LogP contribution is -2.42. The van der Waals surface area contributed by atoms with Gasteiger partial charge in [0.1, 0.15) is 0 Å². The number of para-hydroxylation sites is 1. The maximum absolute atomic E-state index is 12.8. The van der Waals surface area contributed by atoms with Gasteiger partial charge < -0.3 is 14.8 Å². The number of carbonyl (C=O) groups is 1. The Labute approximate surface area is 142 Å². The van der Waals surface area contributed by atoms with Crippen LogP contribution in [-0.2, 0) is 15.3 Å². The molecule has 0 saturated carbocycles. The molecule has 0 aliphatic carbocycles. The van der Waals surface area contributed by atoms with E-state index in [0.717, 1.165) is 11.3 Å². The van der Waals surface area contributed by atoms with E-state index in [9.17, 15) is 4.79 Å². The van der Waals surface area contributed by atoms with Crippen molar-refractivity contribution in [3.8, 4) is 0 Å². The summed E-state index contributed by atoms with van der Waals surface area (Å²) in [4.78, 5) is 12.8. The molecule has 3 rings (SSSR count). The van der Waals surface area contributed by atoms with Crippen molar-refractivity contribution in [3.63, 3.8) is 0 Å². The number of ether oxygens (including phenoxy) is 2. The molecule has 0 aromatic heterocycles. The minimum Gasteiger partial charge on any atom is -0.343 e. The SMILES string of the molecule is CC(C)(C)C1(c2ccccc2C(=O)Nc2ccccc2)OCCO1. The fraction of sp³-hybridized carbons (Fsp3) is 0.350. The summed E-state index contributed by atoms with van der Waals surface area (Å²) in [6.07, 6.45) is 0. The average Bonchev–Trinajstić information content (AvgIpc) is 3.06. The standard InChI is InChI=1S/C20H23NO3/c1-19(2,3)20(23-13-14-24-20)17-12-8-7-11-16(17)18(22)21-15-9-5-4-6-10-15/h4-12H,13-14H2,1-3H3,(H,21,22). The van der Waals surface area contributed by atoms with Gasteiger partial charge in [0.25, 0.3) is 5.91 Å². The smallest absolute Gasteiger partial charge is 0.256 e. The zero-order valence-corrected chi connectivity index (χ0v) is 14.3. The maximum atomic E-state index is 12.8. The minimum absolute atomic E-state index is 0.167. The van der Waals surface area contributed by atoms with E-state index in [1.54, 1.807) is 0 Å². The van der Waals surface area contributed by atoms with Crippen LogP contribution in [0.25, 0.3) is 0 Å². The molecule has 2 aromatic carbocycles. The van der Waals surface area contributed by atoms with Crippen molar-refractivity contribution in [3.05, 3.63) is 65.7 Å². The predicted molar refractivity (Wildman–Crippen MR) is 93.9 cm³/mol. The van der Waals surface area contributed by atoms with Crippen molar-refractivity contribution in [2.75, 3.05) is 18.5 Å². The molecule has 0 atom stereocenters. The van der Waals surface area contributed by atoms with Crippen molar-refractivity contribution in [2.24, 2.45) is 5.41 Å². The second-order valence-corrected chi connectivity index (χ2v) is 6.93. The summed E-state index contributed by atoms with van der Waals surface area (Å²) < 4.78 is 12.1. The van der Waals surface area contributed by atoms with Gasteiger partial charge in [-0.25, -0.2) is 0 Å². The van der Waals surface area contributed by atoms with E-state index >= 15 is 0 Å². The number of benzene rings is 2. The van der Waals surface area contributed by atoms with E-state index in [-0.39, 0.29) is 11.3 Å². The van der Waals surface area contributed by atoms with E-state index in [0.29, 0.717) is 18.8 Å². The van der Waals surface area contributed by atoms with E-state index in [4.69, 9.17) is 9.47 Å². The van der Waals surface area contributed by atoms with Gasteiger partial charge in [-0.05, 0) is 18.2 Å². The Balaban J connectivity index is 2.00. The highest BCUT2D eigenvalue weighted by atomic mass is 16.7. The number of rotatable bonds is 3. The fourth-order valence-corrected chi connectivity index (χ4v) is 3.09. The molecular weight excluding hydrogens is 302 g/mol. The summed E-state index contributed by atoms with van der Waals surface area (Å²) in [5.74, 6) is -1.09. The topological polar surface area (TPSA) is 47.6 Å². The number of anilines is 1. The molecule has 1 aliphatic rings. The molecule has 1 fully saturated rings. The van der Waals surface area contributed by atoms with Crippen LogP contribution in [0.4, 0.5) is 5.69 Å². The summed E-state index contributed by atoms with van der Waals surface area (Å²) >= 11 is 0. The van der Waals surface area contributed by atoms with Crippen LogP contribution in [0.1, 0.15) is 36.7 Å². The second-order valence-electron chi connectivity index (χ2n) is 6.93. The normalized spacial score (nSPS) is 16.8. The first-order chi connectivity index (χ1) is 11.4. The van der Waals surface area contributed by atoms with Crippen LogP contribution in [-0.4, -0.2) is 19.1 Å². The second kappa shape index (κ2) is 6.38. The summed E-state index contributed by atoms with van der Waals surface area (Å²) in [7, 11) is 0. The van der Waals surface area contributed by atoms with Gasteiger partial charge in [-0.2, -0.15) is 0 Å². The summed E-state index contributed by atoms with van der Waals surface area (Å²) in [5, 5.41) is 2.94. The lowest BCUT2D eigenvalue weighted by atomic mass is 9.79. The number of nitrogens with one attached hydrogen (secondary N) is 1. The zero-order chi connectivity index (χ0) is 17.2. The van der Waals surface area contributed by atoms with Crippen LogP contribution >= 0.6 is 0 Å². The number of hydrogen-bond acceptors (Lipinski definition) is 3. The molecular formula is C20H23NO3. The van der Waals surface area contributed by atoms with Gasteiger partial charge >= 0.3 is 0 Å². The third kappa shape index (κ3) is 2.95. The van der Waals surface area contributed by atoms with Crippen molar-refractivity contribution < 1.29 is 14.3 Å². The molecule has 1 N–H and O–H groups in total. The Hall–Kier alpha value is -2.17. The highest BCUT2D eigenvalue weighted by Crippen LogP contribution is 2.47. The monoisotopic (exact) mass is 325 g/mol. The zero-order valence-electron chi connectivity index (χ0n) is 14.3. The van der Waals surface area contributed by atoms with Crippen LogP contribution in [0.2, 0.25) is 0 Å². The Kier molecular flexibility index (Phi) is 4.43. The molecule has 24 heavy (non-hydrogen) atoms. The van der Waals surface area contributed by atoms with E-state index < -0.39 is 5.79 Å². The lowest BCUT2D eigenvalue weighted by Gasteiger charge is -2.40. The van der Waals surface area contributed by atoms with Gasteiger partial charge in [-0.15, -0.1) is 0 Å². The first-order valence-corrected chi connectivity index (χ1v) is 8.18. The lowest BCUT2D eigenvalue weighted by molar-refractivity contribution is -0.232. The number of hydrogen-bond donors (Lipinski definition) is 1. The fourth-order valence-electron chi connectivity index (χ4n) is 3.09.